The van der Waals surface area contributed by atoms with Crippen LogP contribution in [0.5, 0.6) is 0 Å². The van der Waals surface area contributed by atoms with Crippen LogP contribution in [0.3, 0.4) is 0 Å². The van der Waals surface area contributed by atoms with Gasteiger partial charge in [0.05, 0.1) is 16.7 Å². The maximum Gasteiger partial charge on any atom is 0.522 e. The van der Waals surface area contributed by atoms with E-state index in [-0.39, 0.29) is 35.0 Å². The van der Waals surface area contributed by atoms with E-state index in [2.05, 4.69) is 14.8 Å². The van der Waals surface area contributed by atoms with Crippen LogP contribution in [-0.2, 0) is 14.3 Å². The number of alkyl halides is 3. The summed E-state index contributed by atoms with van der Waals surface area (Å²) in [4.78, 5) is 48.6. The topological polar surface area (TPSA) is 146 Å². The number of hydrazine groups is 1. The van der Waals surface area contributed by atoms with E-state index in [1.807, 2.05) is 5.43 Å². The highest BCUT2D eigenvalue weighted by Gasteiger charge is 2.37. The fraction of sp³-hybridized carbons (Fsp3) is 0.444. The van der Waals surface area contributed by atoms with Gasteiger partial charge in [-0.1, -0.05) is 23.2 Å². The molecule has 4 N–H and O–H groups in total. The Morgan fingerprint density at radius 2 is 1.79 bits per heavy atom. The van der Waals surface area contributed by atoms with Crippen LogP contribution in [0.1, 0.15) is 23.2 Å². The summed E-state index contributed by atoms with van der Waals surface area (Å²) in [6.07, 6.45) is -7.37. The molecule has 0 radical (unpaired) electrons. The van der Waals surface area contributed by atoms with E-state index in [0.717, 1.165) is 4.90 Å². The van der Waals surface area contributed by atoms with Gasteiger partial charge in [0.2, 0.25) is 0 Å². The number of amides is 4. The Morgan fingerprint density at radius 1 is 1.09 bits per heavy atom. The van der Waals surface area contributed by atoms with Crippen LogP contribution in [0.25, 0.3) is 0 Å². The molecular weight excluding hydrogens is 512 g/mol. The number of halogens is 5. The standard InChI is InChI=1S/C18H19Cl2F3N4O7/c19-11-3-1-9(7-12(11)20)14(28)24-10-2-4-13(27(8-10)17(31)32)15(29)25-26-16(30)33-5-6-34-18(21,22)23/h1,3,7,10,13H,2,4-6,8H2,(H,24,28)(H,25,29)(H,26,30)(H,31,32)/t10-,13+/m1/s1. The van der Waals surface area contributed by atoms with E-state index >= 15 is 0 Å². The minimum absolute atomic E-state index is 0.000599. The Hall–Kier alpha value is -2.97. The summed E-state index contributed by atoms with van der Waals surface area (Å²) in [5.74, 6) is -1.42. The smallest absolute Gasteiger partial charge is 0.465 e. The number of hydrogen-bond donors (Lipinski definition) is 4. The van der Waals surface area contributed by atoms with Gasteiger partial charge >= 0.3 is 18.5 Å². The minimum atomic E-state index is -4.88. The fourth-order valence-corrected chi connectivity index (χ4v) is 3.30. The summed E-state index contributed by atoms with van der Waals surface area (Å²) < 4.78 is 43.3. The van der Waals surface area contributed by atoms with E-state index in [4.69, 9.17) is 23.2 Å². The van der Waals surface area contributed by atoms with Gasteiger partial charge in [-0.2, -0.15) is 0 Å². The second kappa shape index (κ2) is 11.9. The normalized spacial score (nSPS) is 18.1. The first-order valence-corrected chi connectivity index (χ1v) is 10.3. The van der Waals surface area contributed by atoms with Gasteiger partial charge in [-0.25, -0.2) is 15.0 Å². The van der Waals surface area contributed by atoms with Crippen molar-refractivity contribution >= 4 is 47.2 Å². The lowest BCUT2D eigenvalue weighted by atomic mass is 9.97. The summed E-state index contributed by atoms with van der Waals surface area (Å²) in [5.41, 5.74) is 3.95. The SMILES string of the molecule is O=C(NNC(=O)[C@@H]1CC[C@@H](NC(=O)c2ccc(Cl)c(Cl)c2)CN1C(=O)O)OCCOC(F)(F)F. The van der Waals surface area contributed by atoms with Gasteiger partial charge in [0.15, 0.2) is 0 Å². The molecule has 4 amide bonds. The van der Waals surface area contributed by atoms with Crippen molar-refractivity contribution in [2.45, 2.75) is 31.3 Å². The Bertz CT molecular complexity index is 935. The van der Waals surface area contributed by atoms with E-state index in [1.54, 1.807) is 5.43 Å². The molecule has 11 nitrogen and oxygen atoms in total. The molecule has 1 aliphatic heterocycles. The first-order valence-electron chi connectivity index (χ1n) is 9.56. The van der Waals surface area contributed by atoms with Crippen LogP contribution < -0.4 is 16.2 Å². The number of carboxylic acid groups (broad SMARTS) is 1. The highest BCUT2D eigenvalue weighted by Crippen LogP contribution is 2.23. The van der Waals surface area contributed by atoms with Crippen LogP contribution in [0.4, 0.5) is 22.8 Å². The van der Waals surface area contributed by atoms with E-state index < -0.39 is 55.7 Å². The van der Waals surface area contributed by atoms with Gasteiger partial charge < -0.3 is 15.2 Å². The maximum atomic E-state index is 12.4. The van der Waals surface area contributed by atoms with Crippen LogP contribution in [-0.4, -0.2) is 72.2 Å². The molecule has 0 aromatic heterocycles. The third kappa shape index (κ3) is 8.43. The Kier molecular flexibility index (Phi) is 9.58. The Balaban J connectivity index is 1.85. The van der Waals surface area contributed by atoms with E-state index in [0.29, 0.717) is 0 Å². The van der Waals surface area contributed by atoms with Crippen molar-refractivity contribution in [2.75, 3.05) is 19.8 Å². The number of ether oxygens (including phenoxy) is 2. The molecule has 34 heavy (non-hydrogen) atoms. The number of likely N-dealkylation sites (tertiary alicyclic amines) is 1. The van der Waals surface area contributed by atoms with Crippen molar-refractivity contribution in [2.24, 2.45) is 0 Å². The number of rotatable bonds is 6. The number of carbonyl (C=O) groups is 4. The Morgan fingerprint density at radius 3 is 2.41 bits per heavy atom. The molecule has 0 bridgehead atoms. The molecule has 16 heteroatoms. The van der Waals surface area contributed by atoms with E-state index in [9.17, 15) is 37.5 Å². The van der Waals surface area contributed by atoms with Gasteiger partial charge in [0.1, 0.15) is 12.6 Å². The average Bonchev–Trinajstić information content (AvgIpc) is 2.76. The molecule has 0 unspecified atom stereocenters. The number of benzene rings is 1. The van der Waals surface area contributed by atoms with Crippen LogP contribution >= 0.6 is 23.2 Å². The van der Waals surface area contributed by atoms with Crippen molar-refractivity contribution < 1.29 is 46.9 Å². The second-order valence-electron chi connectivity index (χ2n) is 6.87. The Labute approximate surface area is 200 Å². The van der Waals surface area contributed by atoms with Crippen molar-refractivity contribution in [3.8, 4) is 0 Å². The van der Waals surface area contributed by atoms with Gasteiger partial charge in [-0.15, -0.1) is 13.2 Å². The number of nitrogens with zero attached hydrogens (tertiary/aromatic N) is 1. The zero-order chi connectivity index (χ0) is 25.5. The van der Waals surface area contributed by atoms with Gasteiger partial charge in [0, 0.05) is 18.2 Å². The summed E-state index contributed by atoms with van der Waals surface area (Å²) in [6, 6.07) is 2.41. The third-order valence-electron chi connectivity index (χ3n) is 4.52. The molecule has 188 valence electrons. The van der Waals surface area contributed by atoms with Crippen LogP contribution in [0, 0.1) is 0 Å². The number of carbonyl (C=O) groups excluding carboxylic acids is 3. The molecule has 1 aliphatic rings. The zero-order valence-electron chi connectivity index (χ0n) is 17.2. The first kappa shape index (κ1) is 27.3. The molecule has 0 saturated carbocycles. The fourth-order valence-electron chi connectivity index (χ4n) is 3.00. The van der Waals surface area contributed by atoms with Crippen LogP contribution in [0.15, 0.2) is 18.2 Å². The number of piperidine rings is 1. The molecule has 0 spiro atoms. The molecule has 0 aliphatic carbocycles. The van der Waals surface area contributed by atoms with Crippen LogP contribution in [0.2, 0.25) is 10.0 Å². The number of nitrogens with one attached hydrogen (secondary N) is 3. The maximum absolute atomic E-state index is 12.4. The summed E-state index contributed by atoms with van der Waals surface area (Å²) in [7, 11) is 0. The molecule has 2 atom stereocenters. The van der Waals surface area contributed by atoms with Crippen molar-refractivity contribution in [1.29, 1.82) is 0 Å². The van der Waals surface area contributed by atoms with Gasteiger partial charge in [-0.3, -0.25) is 24.7 Å². The molecular formula is C18H19Cl2F3N4O7. The lowest BCUT2D eigenvalue weighted by molar-refractivity contribution is -0.326. The first-order chi connectivity index (χ1) is 15.9. The summed E-state index contributed by atoms with van der Waals surface area (Å²) in [5, 5.41) is 12.5. The quantitative estimate of drug-likeness (QED) is 0.326. The van der Waals surface area contributed by atoms with Crippen molar-refractivity contribution in [3.63, 3.8) is 0 Å². The molecule has 1 fully saturated rings. The van der Waals surface area contributed by atoms with E-state index in [1.165, 1.54) is 18.2 Å². The molecule has 2 rings (SSSR count). The average molecular weight is 531 g/mol. The second-order valence-corrected chi connectivity index (χ2v) is 7.69. The predicted molar refractivity (Wildman–Crippen MR) is 110 cm³/mol. The monoisotopic (exact) mass is 530 g/mol. The van der Waals surface area contributed by atoms with Gasteiger partial charge in [-0.05, 0) is 31.0 Å². The zero-order valence-corrected chi connectivity index (χ0v) is 18.7. The van der Waals surface area contributed by atoms with Gasteiger partial charge in [0.25, 0.3) is 11.8 Å². The summed E-state index contributed by atoms with van der Waals surface area (Å²) >= 11 is 11.7. The highest BCUT2D eigenvalue weighted by atomic mass is 35.5. The van der Waals surface area contributed by atoms with Crippen molar-refractivity contribution in [3.05, 3.63) is 33.8 Å². The lowest BCUT2D eigenvalue weighted by Crippen LogP contribution is -2.59. The number of hydrogen-bond acceptors (Lipinski definition) is 6. The molecule has 1 aromatic rings. The summed E-state index contributed by atoms with van der Waals surface area (Å²) in [6.45, 7) is -1.92. The predicted octanol–water partition coefficient (Wildman–Crippen LogP) is 2.53. The minimum Gasteiger partial charge on any atom is -0.465 e. The van der Waals surface area contributed by atoms with Crippen molar-refractivity contribution in [1.82, 2.24) is 21.1 Å². The molecule has 1 heterocycles. The third-order valence-corrected chi connectivity index (χ3v) is 5.26. The highest BCUT2D eigenvalue weighted by molar-refractivity contribution is 6.42. The molecule has 1 aromatic carbocycles. The molecule has 1 saturated heterocycles. The largest absolute Gasteiger partial charge is 0.522 e. The lowest BCUT2D eigenvalue weighted by Gasteiger charge is -2.37.